The van der Waals surface area contributed by atoms with E-state index >= 15 is 0 Å². The van der Waals surface area contributed by atoms with Gasteiger partial charge in [-0.1, -0.05) is 36.4 Å². The standard InChI is InChI=1S/C20H20F3N3O/c1-4-26(13-19(27)25-14(2)15-8-6-5-7-9-15)16-10-11-18(24-3)17(12-16)20(21,22)23/h5-12,14H,4,13H2,1-2H3,(H,25,27)/t14-/m1/s1. The fourth-order valence-corrected chi connectivity index (χ4v) is 2.72. The van der Waals surface area contributed by atoms with E-state index in [1.54, 1.807) is 6.92 Å². The molecular formula is C20H20F3N3O. The number of benzene rings is 2. The molecule has 2 aromatic rings. The fraction of sp³-hybridized carbons (Fsp3) is 0.300. The average Bonchev–Trinajstić information content (AvgIpc) is 2.65. The Morgan fingerprint density at radius 1 is 1.22 bits per heavy atom. The van der Waals surface area contributed by atoms with E-state index in [0.29, 0.717) is 6.54 Å². The first kappa shape index (κ1) is 20.3. The molecule has 0 bridgehead atoms. The van der Waals surface area contributed by atoms with Gasteiger partial charge in [-0.25, -0.2) is 4.85 Å². The maximum atomic E-state index is 13.2. The third kappa shape index (κ3) is 5.23. The van der Waals surface area contributed by atoms with Crippen molar-refractivity contribution < 1.29 is 18.0 Å². The number of carbonyl (C=O) groups is 1. The predicted octanol–water partition coefficient (Wildman–Crippen LogP) is 4.96. The number of alkyl halides is 3. The van der Waals surface area contributed by atoms with Gasteiger partial charge in [0.1, 0.15) is 0 Å². The zero-order valence-corrected chi connectivity index (χ0v) is 15.0. The third-order valence-corrected chi connectivity index (χ3v) is 4.16. The summed E-state index contributed by atoms with van der Waals surface area (Å²) >= 11 is 0. The first-order chi connectivity index (χ1) is 12.8. The molecule has 0 spiro atoms. The van der Waals surface area contributed by atoms with Crippen LogP contribution in [-0.2, 0) is 11.0 Å². The first-order valence-electron chi connectivity index (χ1n) is 8.44. The minimum Gasteiger partial charge on any atom is -0.363 e. The van der Waals surface area contributed by atoms with E-state index in [2.05, 4.69) is 10.2 Å². The monoisotopic (exact) mass is 375 g/mol. The highest BCUT2D eigenvalue weighted by atomic mass is 19.4. The summed E-state index contributed by atoms with van der Waals surface area (Å²) < 4.78 is 39.5. The summed E-state index contributed by atoms with van der Waals surface area (Å²) in [5.74, 6) is -0.295. The molecular weight excluding hydrogens is 355 g/mol. The molecule has 27 heavy (non-hydrogen) atoms. The first-order valence-corrected chi connectivity index (χ1v) is 8.44. The summed E-state index contributed by atoms with van der Waals surface area (Å²) in [7, 11) is 0. The van der Waals surface area contributed by atoms with E-state index in [0.717, 1.165) is 17.7 Å². The van der Waals surface area contributed by atoms with Crippen molar-refractivity contribution in [1.29, 1.82) is 0 Å². The molecule has 1 N–H and O–H groups in total. The number of hydrogen-bond acceptors (Lipinski definition) is 2. The molecule has 1 atom stereocenters. The summed E-state index contributed by atoms with van der Waals surface area (Å²) in [5, 5.41) is 2.85. The fourth-order valence-electron chi connectivity index (χ4n) is 2.72. The quantitative estimate of drug-likeness (QED) is 0.725. The van der Waals surface area contributed by atoms with E-state index in [1.165, 1.54) is 11.0 Å². The van der Waals surface area contributed by atoms with Gasteiger partial charge in [0.05, 0.1) is 24.7 Å². The van der Waals surface area contributed by atoms with Gasteiger partial charge < -0.3 is 10.2 Å². The number of carbonyl (C=O) groups excluding carboxylic acids is 1. The van der Waals surface area contributed by atoms with Gasteiger partial charge in [0.25, 0.3) is 0 Å². The Bertz CT molecular complexity index is 829. The van der Waals surface area contributed by atoms with E-state index in [-0.39, 0.29) is 24.2 Å². The van der Waals surface area contributed by atoms with Crippen LogP contribution < -0.4 is 10.2 Å². The van der Waals surface area contributed by atoms with Crippen LogP contribution in [0, 0.1) is 6.57 Å². The molecule has 1 amide bonds. The van der Waals surface area contributed by atoms with Crippen LogP contribution in [0.4, 0.5) is 24.5 Å². The zero-order chi connectivity index (χ0) is 20.0. The van der Waals surface area contributed by atoms with E-state index in [1.807, 2.05) is 37.3 Å². The molecule has 2 rings (SSSR count). The lowest BCUT2D eigenvalue weighted by Gasteiger charge is -2.25. The van der Waals surface area contributed by atoms with E-state index in [4.69, 9.17) is 6.57 Å². The summed E-state index contributed by atoms with van der Waals surface area (Å²) in [5.41, 5.74) is -0.259. The van der Waals surface area contributed by atoms with Gasteiger partial charge in [-0.05, 0) is 31.5 Å². The molecule has 0 aromatic heterocycles. The molecule has 4 nitrogen and oxygen atoms in total. The lowest BCUT2D eigenvalue weighted by molar-refractivity contribution is -0.136. The number of nitrogens with zero attached hydrogens (tertiary/aromatic N) is 2. The van der Waals surface area contributed by atoms with Gasteiger partial charge in [0.2, 0.25) is 5.91 Å². The van der Waals surface area contributed by atoms with Crippen molar-refractivity contribution in [2.24, 2.45) is 0 Å². The molecule has 0 heterocycles. The maximum absolute atomic E-state index is 13.2. The van der Waals surface area contributed by atoms with Gasteiger partial charge >= 0.3 is 6.18 Å². The maximum Gasteiger partial charge on any atom is 0.407 e. The second-order valence-electron chi connectivity index (χ2n) is 6.03. The van der Waals surface area contributed by atoms with Crippen LogP contribution in [0.25, 0.3) is 4.85 Å². The number of hydrogen-bond donors (Lipinski definition) is 1. The summed E-state index contributed by atoms with van der Waals surface area (Å²) in [6.45, 7) is 10.8. The van der Waals surface area contributed by atoms with Crippen LogP contribution in [-0.4, -0.2) is 19.0 Å². The van der Waals surface area contributed by atoms with Gasteiger partial charge in [0.15, 0.2) is 5.69 Å². The summed E-state index contributed by atoms with van der Waals surface area (Å²) in [6.07, 6.45) is -4.63. The lowest BCUT2D eigenvalue weighted by Crippen LogP contribution is -2.38. The highest BCUT2D eigenvalue weighted by Gasteiger charge is 2.34. The van der Waals surface area contributed by atoms with Crippen molar-refractivity contribution in [3.05, 3.63) is 71.1 Å². The lowest BCUT2D eigenvalue weighted by atomic mass is 10.1. The largest absolute Gasteiger partial charge is 0.407 e. The number of rotatable bonds is 6. The topological polar surface area (TPSA) is 36.7 Å². The number of anilines is 1. The number of nitrogens with one attached hydrogen (secondary N) is 1. The normalized spacial score (nSPS) is 12.1. The van der Waals surface area contributed by atoms with Crippen molar-refractivity contribution in [2.45, 2.75) is 26.1 Å². The van der Waals surface area contributed by atoms with E-state index in [9.17, 15) is 18.0 Å². The Labute approximate surface area is 156 Å². The molecule has 2 aromatic carbocycles. The average molecular weight is 375 g/mol. The molecule has 0 saturated heterocycles. The van der Waals surface area contributed by atoms with E-state index < -0.39 is 17.4 Å². The summed E-state index contributed by atoms with van der Waals surface area (Å²) in [4.78, 5) is 16.8. The zero-order valence-electron chi connectivity index (χ0n) is 15.0. The Hall–Kier alpha value is -3.01. The number of likely N-dealkylation sites (N-methyl/N-ethyl adjacent to an activating group) is 1. The third-order valence-electron chi connectivity index (χ3n) is 4.16. The predicted molar refractivity (Wildman–Crippen MR) is 98.6 cm³/mol. The smallest absolute Gasteiger partial charge is 0.363 e. The molecule has 0 radical (unpaired) electrons. The minimum absolute atomic E-state index is 0.0810. The molecule has 0 unspecified atom stereocenters. The summed E-state index contributed by atoms with van der Waals surface area (Å²) in [6, 6.07) is 12.7. The van der Waals surface area contributed by atoms with Crippen molar-refractivity contribution in [2.75, 3.05) is 18.0 Å². The molecule has 0 fully saturated rings. The minimum atomic E-state index is -4.63. The van der Waals surface area contributed by atoms with Crippen molar-refractivity contribution in [3.8, 4) is 0 Å². The molecule has 0 aliphatic heterocycles. The SMILES string of the molecule is [C-]#[N+]c1ccc(N(CC)CC(=O)N[C@H](C)c2ccccc2)cc1C(F)(F)F. The van der Waals surface area contributed by atoms with Crippen LogP contribution in [0.2, 0.25) is 0 Å². The van der Waals surface area contributed by atoms with Crippen LogP contribution in [0.1, 0.15) is 31.0 Å². The van der Waals surface area contributed by atoms with Crippen LogP contribution >= 0.6 is 0 Å². The van der Waals surface area contributed by atoms with Gasteiger partial charge in [0, 0.05) is 12.2 Å². The molecule has 0 saturated carbocycles. The molecule has 7 heteroatoms. The van der Waals surface area contributed by atoms with Crippen LogP contribution in [0.5, 0.6) is 0 Å². The Morgan fingerprint density at radius 3 is 2.44 bits per heavy atom. The molecule has 142 valence electrons. The molecule has 0 aliphatic carbocycles. The van der Waals surface area contributed by atoms with Gasteiger partial charge in [-0.3, -0.25) is 4.79 Å². The highest BCUT2D eigenvalue weighted by molar-refractivity contribution is 5.82. The molecule has 0 aliphatic rings. The Kier molecular flexibility index (Phi) is 6.45. The van der Waals surface area contributed by atoms with Crippen molar-refractivity contribution in [3.63, 3.8) is 0 Å². The highest BCUT2D eigenvalue weighted by Crippen LogP contribution is 2.38. The van der Waals surface area contributed by atoms with Crippen LogP contribution in [0.3, 0.4) is 0 Å². The van der Waals surface area contributed by atoms with Gasteiger partial charge in [-0.2, -0.15) is 13.2 Å². The van der Waals surface area contributed by atoms with Crippen molar-refractivity contribution >= 4 is 17.3 Å². The van der Waals surface area contributed by atoms with Crippen molar-refractivity contribution in [1.82, 2.24) is 5.32 Å². The second kappa shape index (κ2) is 8.58. The van der Waals surface area contributed by atoms with Crippen LogP contribution in [0.15, 0.2) is 48.5 Å². The number of halogens is 3. The second-order valence-corrected chi connectivity index (χ2v) is 6.03. The Balaban J connectivity index is 2.15. The van der Waals surface area contributed by atoms with Gasteiger partial charge in [-0.15, -0.1) is 0 Å². The Morgan fingerprint density at radius 2 is 1.89 bits per heavy atom. The number of amides is 1.